The predicted octanol–water partition coefficient (Wildman–Crippen LogP) is 2.98. The van der Waals surface area contributed by atoms with Crippen LogP contribution in [0.3, 0.4) is 0 Å². The molecule has 140 valence electrons. The van der Waals surface area contributed by atoms with Crippen molar-refractivity contribution in [3.05, 3.63) is 60.2 Å². The maximum absolute atomic E-state index is 12.7. The molecule has 0 radical (unpaired) electrons. The smallest absolute Gasteiger partial charge is 0.242 e. The summed E-state index contributed by atoms with van der Waals surface area (Å²) in [5.41, 5.74) is 1.07. The van der Waals surface area contributed by atoms with E-state index in [-0.39, 0.29) is 0 Å². The Hall–Kier alpha value is -1.89. The monoisotopic (exact) mass is 374 g/mol. The number of ether oxygens (including phenoxy) is 1. The molecule has 0 saturated carbocycles. The molecule has 0 bridgehead atoms. The lowest BCUT2D eigenvalue weighted by Gasteiger charge is -2.21. The molecule has 1 fully saturated rings. The molecule has 3 rings (SSSR count). The molecular formula is C20H26N2O3S. The molecule has 5 nitrogen and oxygen atoms in total. The van der Waals surface area contributed by atoms with Crippen molar-refractivity contribution in [1.82, 2.24) is 9.21 Å². The van der Waals surface area contributed by atoms with Gasteiger partial charge in [-0.25, -0.2) is 8.42 Å². The Morgan fingerprint density at radius 3 is 2.31 bits per heavy atom. The number of likely N-dealkylation sites (N-methyl/N-ethyl adjacent to an activating group) is 1. The highest BCUT2D eigenvalue weighted by molar-refractivity contribution is 7.89. The molecule has 0 N–H and O–H groups in total. The van der Waals surface area contributed by atoms with Crippen LogP contribution in [0.1, 0.15) is 18.4 Å². The number of nitrogens with zero attached hydrogens (tertiary/aromatic N) is 2. The quantitative estimate of drug-likeness (QED) is 0.713. The summed E-state index contributed by atoms with van der Waals surface area (Å²) in [5, 5.41) is 0. The highest BCUT2D eigenvalue weighted by Gasteiger charge is 2.22. The number of benzene rings is 2. The molecule has 1 heterocycles. The SMILES string of the molecule is CN(CCN1CCCC1)S(=O)(=O)c1ccc(OCc2ccccc2)cc1. The third kappa shape index (κ3) is 4.84. The van der Waals surface area contributed by atoms with Crippen LogP contribution in [0.25, 0.3) is 0 Å². The molecule has 0 unspecified atom stereocenters. The molecule has 2 aromatic rings. The zero-order valence-electron chi connectivity index (χ0n) is 15.2. The molecular weight excluding hydrogens is 348 g/mol. The van der Waals surface area contributed by atoms with E-state index in [0.29, 0.717) is 23.8 Å². The molecule has 1 saturated heterocycles. The van der Waals surface area contributed by atoms with Crippen molar-refractivity contribution in [1.29, 1.82) is 0 Å². The van der Waals surface area contributed by atoms with Gasteiger partial charge in [0.15, 0.2) is 0 Å². The predicted molar refractivity (Wildman–Crippen MR) is 103 cm³/mol. The zero-order valence-corrected chi connectivity index (χ0v) is 16.0. The van der Waals surface area contributed by atoms with E-state index in [1.165, 1.54) is 17.1 Å². The highest BCUT2D eigenvalue weighted by Crippen LogP contribution is 2.20. The summed E-state index contributed by atoms with van der Waals surface area (Å²) in [6.07, 6.45) is 2.42. The van der Waals surface area contributed by atoms with Gasteiger partial charge in [0.2, 0.25) is 10.0 Å². The molecule has 0 amide bonds. The van der Waals surface area contributed by atoms with Crippen LogP contribution in [0.5, 0.6) is 5.75 Å². The summed E-state index contributed by atoms with van der Waals surface area (Å²) >= 11 is 0. The molecule has 26 heavy (non-hydrogen) atoms. The van der Waals surface area contributed by atoms with Gasteiger partial charge in [0.05, 0.1) is 4.90 Å². The summed E-state index contributed by atoms with van der Waals surface area (Å²) < 4.78 is 32.5. The fraction of sp³-hybridized carbons (Fsp3) is 0.400. The van der Waals surface area contributed by atoms with E-state index in [4.69, 9.17) is 4.74 Å². The van der Waals surface area contributed by atoms with Crippen LogP contribution < -0.4 is 4.74 Å². The van der Waals surface area contributed by atoms with Gasteiger partial charge in [0.25, 0.3) is 0 Å². The van der Waals surface area contributed by atoms with E-state index >= 15 is 0 Å². The first-order chi connectivity index (χ1) is 12.6. The van der Waals surface area contributed by atoms with Gasteiger partial charge in [-0.2, -0.15) is 4.31 Å². The Labute approximate surface area is 156 Å². The van der Waals surface area contributed by atoms with Crippen LogP contribution in [-0.2, 0) is 16.6 Å². The topological polar surface area (TPSA) is 49.9 Å². The maximum atomic E-state index is 12.7. The first-order valence-corrected chi connectivity index (χ1v) is 10.5. The van der Waals surface area contributed by atoms with Crippen LogP contribution in [-0.4, -0.2) is 50.8 Å². The number of likely N-dealkylation sites (tertiary alicyclic amines) is 1. The van der Waals surface area contributed by atoms with Crippen molar-refractivity contribution >= 4 is 10.0 Å². The lowest BCUT2D eigenvalue weighted by Crippen LogP contribution is -2.35. The Morgan fingerprint density at radius 2 is 1.65 bits per heavy atom. The van der Waals surface area contributed by atoms with Crippen molar-refractivity contribution in [3.63, 3.8) is 0 Å². The zero-order chi connectivity index (χ0) is 18.4. The van der Waals surface area contributed by atoms with E-state index < -0.39 is 10.0 Å². The number of hydrogen-bond acceptors (Lipinski definition) is 4. The summed E-state index contributed by atoms with van der Waals surface area (Å²) in [7, 11) is -1.82. The van der Waals surface area contributed by atoms with E-state index in [2.05, 4.69) is 4.90 Å². The summed E-state index contributed by atoms with van der Waals surface area (Å²) in [4.78, 5) is 2.61. The average Bonchev–Trinajstić information content (AvgIpc) is 3.19. The lowest BCUT2D eigenvalue weighted by molar-refractivity contribution is 0.305. The lowest BCUT2D eigenvalue weighted by atomic mass is 10.2. The minimum absolute atomic E-state index is 0.300. The second-order valence-electron chi connectivity index (χ2n) is 6.62. The van der Waals surface area contributed by atoms with Crippen molar-refractivity contribution in [3.8, 4) is 5.75 Å². The van der Waals surface area contributed by atoms with Gasteiger partial charge in [0.1, 0.15) is 12.4 Å². The molecule has 1 aliphatic rings. The summed E-state index contributed by atoms with van der Waals surface area (Å²) in [6.45, 7) is 3.90. The molecule has 1 aliphatic heterocycles. The van der Waals surface area contributed by atoms with Gasteiger partial charge in [-0.3, -0.25) is 0 Å². The molecule has 0 spiro atoms. The Bertz CT molecular complexity index is 786. The Balaban J connectivity index is 1.57. The van der Waals surface area contributed by atoms with Crippen LogP contribution >= 0.6 is 0 Å². The normalized spacial score (nSPS) is 15.5. The first kappa shape index (κ1) is 18.9. The Morgan fingerprint density at radius 1 is 1.00 bits per heavy atom. The highest BCUT2D eigenvalue weighted by atomic mass is 32.2. The molecule has 0 aliphatic carbocycles. The standard InChI is InChI=1S/C20H26N2O3S/c1-21(15-16-22-13-5-6-14-22)26(23,24)20-11-9-19(10-12-20)25-17-18-7-3-2-4-8-18/h2-4,7-12H,5-6,13-17H2,1H3. The fourth-order valence-corrected chi connectivity index (χ4v) is 4.20. The third-order valence-corrected chi connectivity index (χ3v) is 6.58. The van der Waals surface area contributed by atoms with Gasteiger partial charge >= 0.3 is 0 Å². The number of sulfonamides is 1. The van der Waals surface area contributed by atoms with Crippen LogP contribution in [0.15, 0.2) is 59.5 Å². The van der Waals surface area contributed by atoms with E-state index in [9.17, 15) is 8.42 Å². The summed E-state index contributed by atoms with van der Waals surface area (Å²) in [5.74, 6) is 0.660. The van der Waals surface area contributed by atoms with E-state index in [1.807, 2.05) is 30.3 Å². The van der Waals surface area contributed by atoms with Crippen molar-refractivity contribution in [2.45, 2.75) is 24.3 Å². The number of hydrogen-bond donors (Lipinski definition) is 0. The van der Waals surface area contributed by atoms with Crippen LogP contribution in [0, 0.1) is 0 Å². The molecule has 2 aromatic carbocycles. The Kier molecular flexibility index (Phi) is 6.29. The fourth-order valence-electron chi connectivity index (χ4n) is 3.04. The van der Waals surface area contributed by atoms with E-state index in [0.717, 1.165) is 25.2 Å². The van der Waals surface area contributed by atoms with Crippen LogP contribution in [0.2, 0.25) is 0 Å². The second-order valence-corrected chi connectivity index (χ2v) is 8.67. The largest absolute Gasteiger partial charge is 0.489 e. The minimum Gasteiger partial charge on any atom is -0.489 e. The van der Waals surface area contributed by atoms with Crippen LogP contribution in [0.4, 0.5) is 0 Å². The van der Waals surface area contributed by atoms with Gasteiger partial charge < -0.3 is 9.64 Å². The molecule has 0 atom stereocenters. The molecule has 0 aromatic heterocycles. The minimum atomic E-state index is -3.46. The third-order valence-electron chi connectivity index (χ3n) is 4.71. The van der Waals surface area contributed by atoms with Crippen molar-refractivity contribution < 1.29 is 13.2 Å². The molecule has 6 heteroatoms. The van der Waals surface area contributed by atoms with Gasteiger partial charge in [0, 0.05) is 20.1 Å². The second kappa shape index (κ2) is 8.66. The average molecular weight is 375 g/mol. The number of rotatable bonds is 8. The van der Waals surface area contributed by atoms with Gasteiger partial charge in [-0.15, -0.1) is 0 Å². The van der Waals surface area contributed by atoms with Gasteiger partial charge in [-0.05, 0) is 55.8 Å². The van der Waals surface area contributed by atoms with Crippen molar-refractivity contribution in [2.75, 3.05) is 33.2 Å². The van der Waals surface area contributed by atoms with Crippen molar-refractivity contribution in [2.24, 2.45) is 0 Å². The first-order valence-electron chi connectivity index (χ1n) is 9.01. The maximum Gasteiger partial charge on any atom is 0.242 e. The van der Waals surface area contributed by atoms with Gasteiger partial charge in [-0.1, -0.05) is 30.3 Å². The van der Waals surface area contributed by atoms with E-state index in [1.54, 1.807) is 31.3 Å². The summed E-state index contributed by atoms with van der Waals surface area (Å²) in [6, 6.07) is 16.5.